The number of pyridine rings is 1. The number of alkyl halides is 2. The molecule has 0 spiro atoms. The summed E-state index contributed by atoms with van der Waals surface area (Å²) >= 11 is 5.44. The van der Waals surface area contributed by atoms with Crippen molar-refractivity contribution >= 4 is 17.9 Å². The van der Waals surface area contributed by atoms with Gasteiger partial charge in [-0.3, -0.25) is 9.30 Å². The molecule has 0 atom stereocenters. The number of methoxy groups -OCH3 is 1. The van der Waals surface area contributed by atoms with E-state index in [1.54, 1.807) is 16.8 Å². The molecule has 2 heterocycles. The van der Waals surface area contributed by atoms with Crippen molar-refractivity contribution in [3.8, 4) is 11.5 Å². The Morgan fingerprint density at radius 3 is 2.73 bits per heavy atom. The third-order valence-electron chi connectivity index (χ3n) is 3.76. The van der Waals surface area contributed by atoms with E-state index in [1.165, 1.54) is 13.2 Å². The fraction of sp³-hybridized carbons (Fsp3) is 0.294. The van der Waals surface area contributed by atoms with Gasteiger partial charge in [0.25, 0.3) is 0 Å². The number of ether oxygens (including phenoxy) is 2. The Balaban J connectivity index is 1.74. The summed E-state index contributed by atoms with van der Waals surface area (Å²) in [6, 6.07) is 10.6. The quantitative estimate of drug-likeness (QED) is 0.587. The van der Waals surface area contributed by atoms with Crippen LogP contribution in [0.5, 0.6) is 11.5 Å². The normalized spacial score (nSPS) is 11.5. The number of benzene rings is 1. The Hall–Kier alpha value is -2.52. The molecule has 0 radical (unpaired) electrons. The minimum absolute atomic E-state index is 0.0106. The van der Waals surface area contributed by atoms with Crippen LogP contribution in [0.4, 0.5) is 8.78 Å². The van der Waals surface area contributed by atoms with Gasteiger partial charge in [-0.25, -0.2) is 4.68 Å². The van der Waals surface area contributed by atoms with E-state index in [0.29, 0.717) is 18.0 Å². The monoisotopic (exact) mass is 380 g/mol. The molecule has 0 aliphatic rings. The van der Waals surface area contributed by atoms with Crippen LogP contribution >= 0.6 is 12.2 Å². The zero-order valence-corrected chi connectivity index (χ0v) is 15.1. The van der Waals surface area contributed by atoms with Crippen LogP contribution in [0.1, 0.15) is 5.56 Å². The topological polar surface area (TPSA) is 43.9 Å². The molecule has 0 amide bonds. The number of hydrogen-bond donors (Lipinski definition) is 0. The maximum Gasteiger partial charge on any atom is 0.387 e. The summed E-state index contributed by atoms with van der Waals surface area (Å²) in [4.78, 5) is 2.00. The molecular weight excluding hydrogens is 362 g/mol. The van der Waals surface area contributed by atoms with Crippen LogP contribution in [0.15, 0.2) is 42.6 Å². The molecule has 2 aromatic heterocycles. The Morgan fingerprint density at radius 1 is 1.23 bits per heavy atom. The van der Waals surface area contributed by atoms with E-state index in [1.807, 2.05) is 40.7 Å². The largest absolute Gasteiger partial charge is 0.493 e. The summed E-state index contributed by atoms with van der Waals surface area (Å²) in [6.07, 6.45) is 1.87. The molecule has 0 fully saturated rings. The van der Waals surface area contributed by atoms with E-state index >= 15 is 0 Å². The first-order chi connectivity index (χ1) is 12.5. The van der Waals surface area contributed by atoms with Crippen molar-refractivity contribution in [3.63, 3.8) is 0 Å². The summed E-state index contributed by atoms with van der Waals surface area (Å²) in [7, 11) is 3.33. The molecule has 0 N–H and O–H groups in total. The van der Waals surface area contributed by atoms with Crippen molar-refractivity contribution < 1.29 is 18.3 Å². The van der Waals surface area contributed by atoms with Crippen LogP contribution in [0.3, 0.4) is 0 Å². The number of aromatic nitrogens is 3. The van der Waals surface area contributed by atoms with Crippen molar-refractivity contribution in [2.45, 2.75) is 19.8 Å². The van der Waals surface area contributed by atoms with E-state index < -0.39 is 6.61 Å². The van der Waals surface area contributed by atoms with Gasteiger partial charge in [0.2, 0.25) is 4.77 Å². The third kappa shape index (κ3) is 4.00. The van der Waals surface area contributed by atoms with Gasteiger partial charge in [-0.1, -0.05) is 12.1 Å². The summed E-state index contributed by atoms with van der Waals surface area (Å²) < 4.78 is 38.6. The molecule has 6 nitrogen and oxygen atoms in total. The standard InChI is InChI=1S/C17H18F2N4O2S/c1-21(11-23-17(26)22-8-4-3-5-15(22)20-23)10-12-6-7-13(25-16(18)19)14(9-12)24-2/h3-9,16H,10-11H2,1-2H3. The van der Waals surface area contributed by atoms with Crippen LogP contribution in [-0.2, 0) is 13.2 Å². The SMILES string of the molecule is COc1cc(CN(C)Cn2nc3ccccn3c2=S)ccc1OC(F)F. The first-order valence-corrected chi connectivity index (χ1v) is 8.23. The van der Waals surface area contributed by atoms with Crippen molar-refractivity contribution in [2.24, 2.45) is 0 Å². The van der Waals surface area contributed by atoms with Crippen molar-refractivity contribution in [1.29, 1.82) is 0 Å². The molecule has 0 bridgehead atoms. The molecule has 1 aromatic carbocycles. The predicted octanol–water partition coefficient (Wildman–Crippen LogP) is 3.56. The molecule has 9 heteroatoms. The fourth-order valence-electron chi connectivity index (χ4n) is 2.65. The van der Waals surface area contributed by atoms with Crippen molar-refractivity contribution in [2.75, 3.05) is 14.2 Å². The second-order valence-corrected chi connectivity index (χ2v) is 6.10. The average molecular weight is 380 g/mol. The Kier molecular flexibility index (Phi) is 5.48. The van der Waals surface area contributed by atoms with Crippen LogP contribution in [-0.4, -0.2) is 39.9 Å². The third-order valence-corrected chi connectivity index (χ3v) is 4.17. The molecule has 138 valence electrons. The Bertz CT molecular complexity index is 957. The second kappa shape index (κ2) is 7.79. The Labute approximate surface area is 154 Å². The van der Waals surface area contributed by atoms with Crippen molar-refractivity contribution in [3.05, 3.63) is 52.9 Å². The van der Waals surface area contributed by atoms with Gasteiger partial charge in [0, 0.05) is 12.7 Å². The second-order valence-electron chi connectivity index (χ2n) is 5.73. The lowest BCUT2D eigenvalue weighted by Gasteiger charge is -2.17. The van der Waals surface area contributed by atoms with Crippen molar-refractivity contribution in [1.82, 2.24) is 19.1 Å². The molecular formula is C17H18F2N4O2S. The predicted molar refractivity (Wildman–Crippen MR) is 95.1 cm³/mol. The highest BCUT2D eigenvalue weighted by Crippen LogP contribution is 2.29. The molecule has 0 unspecified atom stereocenters. The van der Waals surface area contributed by atoms with E-state index in [0.717, 1.165) is 11.2 Å². The maximum absolute atomic E-state index is 12.4. The van der Waals surface area contributed by atoms with Gasteiger partial charge in [0.15, 0.2) is 17.1 Å². The minimum Gasteiger partial charge on any atom is -0.493 e. The summed E-state index contributed by atoms with van der Waals surface area (Å²) in [5.41, 5.74) is 1.67. The fourth-order valence-corrected chi connectivity index (χ4v) is 2.91. The summed E-state index contributed by atoms with van der Waals surface area (Å²) in [6.45, 7) is -1.85. The average Bonchev–Trinajstić information content (AvgIpc) is 2.92. The number of fused-ring (bicyclic) bond motifs is 1. The first-order valence-electron chi connectivity index (χ1n) is 7.82. The highest BCUT2D eigenvalue weighted by atomic mass is 32.1. The molecule has 0 saturated heterocycles. The Morgan fingerprint density at radius 2 is 2.04 bits per heavy atom. The van der Waals surface area contributed by atoms with Gasteiger partial charge < -0.3 is 9.47 Å². The molecule has 0 aliphatic carbocycles. The van der Waals surface area contributed by atoms with Gasteiger partial charge in [0.1, 0.15) is 0 Å². The number of rotatable bonds is 7. The minimum atomic E-state index is -2.89. The van der Waals surface area contributed by atoms with E-state index in [-0.39, 0.29) is 11.5 Å². The zero-order chi connectivity index (χ0) is 18.7. The van der Waals surface area contributed by atoms with E-state index in [4.69, 9.17) is 17.0 Å². The van der Waals surface area contributed by atoms with Gasteiger partial charge in [-0.2, -0.15) is 13.9 Å². The molecule has 3 aromatic rings. The van der Waals surface area contributed by atoms with Gasteiger partial charge >= 0.3 is 6.61 Å². The lowest BCUT2D eigenvalue weighted by Crippen LogP contribution is -2.22. The van der Waals surface area contributed by atoms with E-state index in [2.05, 4.69) is 9.84 Å². The van der Waals surface area contributed by atoms with Crippen LogP contribution in [0.25, 0.3) is 5.65 Å². The highest BCUT2D eigenvalue weighted by molar-refractivity contribution is 7.71. The van der Waals surface area contributed by atoms with Crippen LogP contribution in [0.2, 0.25) is 0 Å². The first kappa shape index (κ1) is 18.3. The van der Waals surface area contributed by atoms with Gasteiger partial charge in [-0.15, -0.1) is 0 Å². The lowest BCUT2D eigenvalue weighted by atomic mass is 10.2. The zero-order valence-electron chi connectivity index (χ0n) is 14.3. The number of nitrogens with zero attached hydrogens (tertiary/aromatic N) is 4. The molecule has 0 saturated carbocycles. The maximum atomic E-state index is 12.4. The van der Waals surface area contributed by atoms with Crippen LogP contribution < -0.4 is 9.47 Å². The van der Waals surface area contributed by atoms with Crippen LogP contribution in [0, 0.1) is 4.77 Å². The smallest absolute Gasteiger partial charge is 0.387 e. The van der Waals surface area contributed by atoms with Gasteiger partial charge in [-0.05, 0) is 49.1 Å². The highest BCUT2D eigenvalue weighted by Gasteiger charge is 2.12. The van der Waals surface area contributed by atoms with E-state index in [9.17, 15) is 8.78 Å². The summed E-state index contributed by atoms with van der Waals surface area (Å²) in [5, 5.41) is 4.48. The summed E-state index contributed by atoms with van der Waals surface area (Å²) in [5.74, 6) is 0.275. The lowest BCUT2D eigenvalue weighted by molar-refractivity contribution is -0.0512. The van der Waals surface area contributed by atoms with Gasteiger partial charge in [0.05, 0.1) is 13.8 Å². The molecule has 3 rings (SSSR count). The molecule has 0 aliphatic heterocycles. The molecule has 26 heavy (non-hydrogen) atoms. The number of hydrogen-bond acceptors (Lipinski definition) is 5. The number of halogens is 2.